The predicted octanol–water partition coefficient (Wildman–Crippen LogP) is 4.67. The average Bonchev–Trinajstić information content (AvgIpc) is 2.76. The molecule has 3 aromatic rings. The van der Waals surface area contributed by atoms with Gasteiger partial charge in [0.1, 0.15) is 6.04 Å². The van der Waals surface area contributed by atoms with Crippen LogP contribution in [0.4, 0.5) is 11.4 Å². The summed E-state index contributed by atoms with van der Waals surface area (Å²) in [5, 5.41) is 10.4. The molecule has 0 fully saturated rings. The second-order valence-corrected chi connectivity index (χ2v) is 8.23. The summed E-state index contributed by atoms with van der Waals surface area (Å²) >= 11 is 6.11. The van der Waals surface area contributed by atoms with Crippen molar-refractivity contribution in [1.82, 2.24) is 9.78 Å². The van der Waals surface area contributed by atoms with Crippen LogP contribution in [0.15, 0.2) is 59.4 Å². The number of benzene rings is 2. The van der Waals surface area contributed by atoms with E-state index in [2.05, 4.69) is 15.7 Å². The lowest BCUT2D eigenvalue weighted by atomic mass is 10.1. The average molecular weight is 453 g/mol. The minimum Gasteiger partial charge on any atom is -0.326 e. The molecule has 0 radical (unpaired) electrons. The van der Waals surface area contributed by atoms with Crippen LogP contribution >= 0.6 is 11.6 Å². The Morgan fingerprint density at radius 1 is 0.938 bits per heavy atom. The number of carbonyl (C=O) groups excluding carboxylic acids is 2. The summed E-state index contributed by atoms with van der Waals surface area (Å²) in [6.45, 7) is 7.13. The maximum Gasteiger partial charge on any atom is 0.267 e. The highest BCUT2D eigenvalue weighted by Gasteiger charge is 2.19. The van der Waals surface area contributed by atoms with Crippen molar-refractivity contribution in [3.8, 4) is 11.3 Å². The lowest BCUT2D eigenvalue weighted by Crippen LogP contribution is -2.33. The molecule has 0 aliphatic rings. The molecule has 1 atom stereocenters. The quantitative estimate of drug-likeness (QED) is 0.568. The Bertz CT molecular complexity index is 1220. The van der Waals surface area contributed by atoms with E-state index >= 15 is 0 Å². The monoisotopic (exact) mass is 452 g/mol. The Hall–Kier alpha value is -3.45. The first-order chi connectivity index (χ1) is 15.2. The lowest BCUT2D eigenvalue weighted by molar-refractivity contribution is -0.119. The van der Waals surface area contributed by atoms with Gasteiger partial charge >= 0.3 is 0 Å². The molecule has 7 nitrogen and oxygen atoms in total. The Kier molecular flexibility index (Phi) is 7.10. The minimum atomic E-state index is -0.871. The van der Waals surface area contributed by atoms with Gasteiger partial charge in [0.15, 0.2) is 0 Å². The van der Waals surface area contributed by atoms with Crippen LogP contribution < -0.4 is 16.2 Å². The number of halogens is 1. The molecule has 2 N–H and O–H groups in total. The van der Waals surface area contributed by atoms with Crippen molar-refractivity contribution < 1.29 is 9.59 Å². The van der Waals surface area contributed by atoms with Gasteiger partial charge in [-0.05, 0) is 43.7 Å². The first-order valence-electron chi connectivity index (χ1n) is 10.2. The standard InChI is InChI=1S/C24H25ClN4O3/c1-14(2)23(31)27-21-13-17(10-9-15(21)3)19-11-12-22(30)29(28-19)16(4)24(32)26-20-8-6-5-7-18(20)25/h5-14,16H,1-4H3,(H,26,32)(H,27,31)/t16-/m1/s1. The van der Waals surface area contributed by atoms with E-state index < -0.39 is 17.5 Å². The largest absolute Gasteiger partial charge is 0.326 e. The van der Waals surface area contributed by atoms with Gasteiger partial charge in [-0.15, -0.1) is 0 Å². The second kappa shape index (κ2) is 9.78. The Labute approximate surface area is 191 Å². The molecule has 1 aromatic heterocycles. The third-order valence-electron chi connectivity index (χ3n) is 5.02. The number of hydrogen-bond acceptors (Lipinski definition) is 4. The zero-order valence-electron chi connectivity index (χ0n) is 18.3. The Morgan fingerprint density at radius 3 is 2.31 bits per heavy atom. The van der Waals surface area contributed by atoms with Crippen molar-refractivity contribution in [1.29, 1.82) is 0 Å². The molecule has 0 saturated carbocycles. The molecule has 0 aliphatic carbocycles. The van der Waals surface area contributed by atoms with Crippen molar-refractivity contribution in [2.75, 3.05) is 10.6 Å². The van der Waals surface area contributed by atoms with Gasteiger partial charge in [-0.25, -0.2) is 4.68 Å². The van der Waals surface area contributed by atoms with Crippen molar-refractivity contribution in [2.24, 2.45) is 5.92 Å². The minimum absolute atomic E-state index is 0.0898. The van der Waals surface area contributed by atoms with Crippen molar-refractivity contribution in [3.05, 3.63) is 75.5 Å². The summed E-state index contributed by atoms with van der Waals surface area (Å²) in [7, 11) is 0. The molecule has 0 bridgehead atoms. The molecule has 0 aliphatic heterocycles. The number of nitrogens with one attached hydrogen (secondary N) is 2. The van der Waals surface area contributed by atoms with Crippen LogP contribution in [0.2, 0.25) is 5.02 Å². The smallest absolute Gasteiger partial charge is 0.267 e. The van der Waals surface area contributed by atoms with E-state index in [1.165, 1.54) is 6.07 Å². The SMILES string of the molecule is Cc1ccc(-c2ccc(=O)n([C@H](C)C(=O)Nc3ccccc3Cl)n2)cc1NC(=O)C(C)C. The van der Waals surface area contributed by atoms with Crippen LogP contribution in [0.3, 0.4) is 0 Å². The van der Waals surface area contributed by atoms with Gasteiger partial charge < -0.3 is 10.6 Å². The van der Waals surface area contributed by atoms with E-state index in [1.54, 1.807) is 43.3 Å². The van der Waals surface area contributed by atoms with E-state index in [1.807, 2.05) is 32.9 Å². The molecular formula is C24H25ClN4O3. The van der Waals surface area contributed by atoms with Gasteiger partial charge in [-0.1, -0.05) is 49.7 Å². The van der Waals surface area contributed by atoms with Crippen LogP contribution in [-0.4, -0.2) is 21.6 Å². The van der Waals surface area contributed by atoms with Gasteiger partial charge in [0.05, 0.1) is 16.4 Å². The number of aromatic nitrogens is 2. The lowest BCUT2D eigenvalue weighted by Gasteiger charge is -2.16. The molecule has 3 rings (SSSR count). The number of hydrogen-bond donors (Lipinski definition) is 2. The summed E-state index contributed by atoms with van der Waals surface area (Å²) in [6, 6.07) is 14.5. The van der Waals surface area contributed by atoms with Crippen LogP contribution in [0.25, 0.3) is 11.3 Å². The topological polar surface area (TPSA) is 93.1 Å². The summed E-state index contributed by atoms with van der Waals surface area (Å²) in [6.07, 6.45) is 0. The van der Waals surface area contributed by atoms with Crippen LogP contribution in [0.1, 0.15) is 32.4 Å². The van der Waals surface area contributed by atoms with Crippen molar-refractivity contribution in [2.45, 2.75) is 33.7 Å². The van der Waals surface area contributed by atoms with E-state index in [9.17, 15) is 14.4 Å². The Balaban J connectivity index is 1.90. The molecule has 166 valence electrons. The fourth-order valence-electron chi connectivity index (χ4n) is 2.96. The normalized spacial score (nSPS) is 11.8. The van der Waals surface area contributed by atoms with Crippen molar-refractivity contribution >= 4 is 34.8 Å². The van der Waals surface area contributed by atoms with Crippen molar-refractivity contribution in [3.63, 3.8) is 0 Å². The van der Waals surface area contributed by atoms with Crippen LogP contribution in [-0.2, 0) is 9.59 Å². The number of carbonyl (C=O) groups is 2. The van der Waals surface area contributed by atoms with E-state index in [-0.39, 0.29) is 11.8 Å². The highest BCUT2D eigenvalue weighted by atomic mass is 35.5. The van der Waals surface area contributed by atoms with Gasteiger partial charge in [0.25, 0.3) is 5.56 Å². The number of aryl methyl sites for hydroxylation is 1. The highest BCUT2D eigenvalue weighted by Crippen LogP contribution is 2.25. The fraction of sp³-hybridized carbons (Fsp3) is 0.250. The molecule has 2 aromatic carbocycles. The summed E-state index contributed by atoms with van der Waals surface area (Å²) in [5.41, 5.74) is 2.84. The Morgan fingerprint density at radius 2 is 1.62 bits per heavy atom. The highest BCUT2D eigenvalue weighted by molar-refractivity contribution is 6.33. The molecule has 32 heavy (non-hydrogen) atoms. The van der Waals surface area contributed by atoms with Crippen LogP contribution in [0, 0.1) is 12.8 Å². The zero-order chi connectivity index (χ0) is 23.4. The zero-order valence-corrected chi connectivity index (χ0v) is 19.1. The van der Waals surface area contributed by atoms with Gasteiger partial charge in [0.2, 0.25) is 11.8 Å². The maximum atomic E-state index is 12.7. The summed E-state index contributed by atoms with van der Waals surface area (Å²) < 4.78 is 1.13. The first kappa shape index (κ1) is 23.2. The number of para-hydroxylation sites is 1. The summed E-state index contributed by atoms with van der Waals surface area (Å²) in [5.74, 6) is -0.665. The van der Waals surface area contributed by atoms with Crippen LogP contribution in [0.5, 0.6) is 0 Å². The molecule has 0 unspecified atom stereocenters. The van der Waals surface area contributed by atoms with E-state index in [0.717, 1.165) is 10.2 Å². The van der Waals surface area contributed by atoms with Gasteiger partial charge in [-0.3, -0.25) is 14.4 Å². The molecule has 2 amide bonds. The maximum absolute atomic E-state index is 12.7. The van der Waals surface area contributed by atoms with Gasteiger partial charge in [-0.2, -0.15) is 5.10 Å². The first-order valence-corrected chi connectivity index (χ1v) is 10.6. The van der Waals surface area contributed by atoms with Gasteiger partial charge in [0, 0.05) is 23.2 Å². The fourth-order valence-corrected chi connectivity index (χ4v) is 3.14. The third kappa shape index (κ3) is 5.23. The number of nitrogens with zero attached hydrogens (tertiary/aromatic N) is 2. The van der Waals surface area contributed by atoms with E-state index in [0.29, 0.717) is 27.7 Å². The third-order valence-corrected chi connectivity index (χ3v) is 5.35. The number of rotatable bonds is 6. The molecule has 8 heteroatoms. The summed E-state index contributed by atoms with van der Waals surface area (Å²) in [4.78, 5) is 37.3. The number of anilines is 2. The molecule has 0 saturated heterocycles. The molecular weight excluding hydrogens is 428 g/mol. The molecule has 1 heterocycles. The molecule has 0 spiro atoms. The van der Waals surface area contributed by atoms with E-state index in [4.69, 9.17) is 11.6 Å². The second-order valence-electron chi connectivity index (χ2n) is 7.82. The predicted molar refractivity (Wildman–Crippen MR) is 127 cm³/mol. The number of amides is 2.